The summed E-state index contributed by atoms with van der Waals surface area (Å²) in [5, 5.41) is 6.47. The van der Waals surface area contributed by atoms with Gasteiger partial charge in [-0.15, -0.1) is 11.3 Å². The standard InChI is InChI=1S/C20H17BrClN3O3S/c1-25(11-16(26)24-14-8-4-3-7-13(14)21)17(27)10-23-20(28)19-18(22)12-6-2-5-9-15(12)29-19/h2-9H,10-11H2,1H3,(H,23,28)(H,24,26). The lowest BCUT2D eigenvalue weighted by molar-refractivity contribution is -0.132. The number of rotatable bonds is 6. The molecule has 3 amide bonds. The summed E-state index contributed by atoms with van der Waals surface area (Å²) in [6.45, 7) is -0.373. The van der Waals surface area contributed by atoms with Gasteiger partial charge in [-0.3, -0.25) is 14.4 Å². The highest BCUT2D eigenvalue weighted by Gasteiger charge is 2.19. The number of para-hydroxylation sites is 1. The van der Waals surface area contributed by atoms with Crippen LogP contribution in [0.4, 0.5) is 5.69 Å². The van der Waals surface area contributed by atoms with Crippen molar-refractivity contribution in [2.45, 2.75) is 0 Å². The molecule has 150 valence electrons. The fourth-order valence-corrected chi connectivity index (χ4v) is 4.40. The molecular weight excluding hydrogens is 478 g/mol. The van der Waals surface area contributed by atoms with Crippen molar-refractivity contribution >= 4 is 72.4 Å². The Balaban J connectivity index is 1.54. The molecule has 1 aromatic heterocycles. The summed E-state index contributed by atoms with van der Waals surface area (Å²) in [5.41, 5.74) is 0.617. The largest absolute Gasteiger partial charge is 0.342 e. The zero-order valence-electron chi connectivity index (χ0n) is 15.4. The fourth-order valence-electron chi connectivity index (χ4n) is 2.59. The van der Waals surface area contributed by atoms with Gasteiger partial charge in [-0.25, -0.2) is 0 Å². The number of hydrogen-bond acceptors (Lipinski definition) is 4. The van der Waals surface area contributed by atoms with E-state index in [9.17, 15) is 14.4 Å². The van der Waals surface area contributed by atoms with Crippen molar-refractivity contribution in [1.29, 1.82) is 0 Å². The maximum absolute atomic E-state index is 12.4. The summed E-state index contributed by atoms with van der Waals surface area (Å²) in [6.07, 6.45) is 0. The first-order valence-corrected chi connectivity index (χ1v) is 10.6. The summed E-state index contributed by atoms with van der Waals surface area (Å²) in [5.74, 6) is -1.15. The van der Waals surface area contributed by atoms with Crippen LogP contribution in [0.1, 0.15) is 9.67 Å². The molecule has 0 radical (unpaired) electrons. The van der Waals surface area contributed by atoms with E-state index in [2.05, 4.69) is 26.6 Å². The fraction of sp³-hybridized carbons (Fsp3) is 0.150. The van der Waals surface area contributed by atoms with E-state index in [0.29, 0.717) is 15.6 Å². The molecule has 0 saturated carbocycles. The number of carbonyl (C=O) groups is 3. The minimum Gasteiger partial charge on any atom is -0.342 e. The van der Waals surface area contributed by atoms with E-state index < -0.39 is 11.8 Å². The van der Waals surface area contributed by atoms with Crippen LogP contribution in [0.15, 0.2) is 53.0 Å². The Kier molecular flexibility index (Phi) is 6.89. The number of fused-ring (bicyclic) bond motifs is 1. The number of carbonyl (C=O) groups excluding carboxylic acids is 3. The number of amides is 3. The van der Waals surface area contributed by atoms with Crippen LogP contribution in [-0.2, 0) is 9.59 Å². The lowest BCUT2D eigenvalue weighted by Gasteiger charge is -2.17. The second-order valence-corrected chi connectivity index (χ2v) is 8.49. The zero-order valence-corrected chi connectivity index (χ0v) is 18.5. The van der Waals surface area contributed by atoms with Gasteiger partial charge in [0.05, 0.1) is 23.8 Å². The minimum atomic E-state index is -0.421. The highest BCUT2D eigenvalue weighted by molar-refractivity contribution is 9.10. The average molecular weight is 495 g/mol. The van der Waals surface area contributed by atoms with E-state index in [1.54, 1.807) is 18.2 Å². The van der Waals surface area contributed by atoms with Crippen molar-refractivity contribution in [3.8, 4) is 0 Å². The van der Waals surface area contributed by atoms with Crippen LogP contribution in [-0.4, -0.2) is 42.8 Å². The molecule has 0 unspecified atom stereocenters. The van der Waals surface area contributed by atoms with E-state index >= 15 is 0 Å². The topological polar surface area (TPSA) is 78.5 Å². The van der Waals surface area contributed by atoms with Crippen molar-refractivity contribution in [2.24, 2.45) is 0 Å². The molecule has 2 aromatic carbocycles. The van der Waals surface area contributed by atoms with Gasteiger partial charge in [0, 0.05) is 21.6 Å². The van der Waals surface area contributed by atoms with E-state index in [-0.39, 0.29) is 19.0 Å². The van der Waals surface area contributed by atoms with Crippen LogP contribution >= 0.6 is 38.9 Å². The first-order valence-electron chi connectivity index (χ1n) is 8.60. The summed E-state index contributed by atoms with van der Waals surface area (Å²) >= 11 is 10.9. The van der Waals surface area contributed by atoms with Gasteiger partial charge in [-0.05, 0) is 34.1 Å². The average Bonchev–Trinajstić information content (AvgIpc) is 3.04. The minimum absolute atomic E-state index is 0.139. The summed E-state index contributed by atoms with van der Waals surface area (Å²) < 4.78 is 1.64. The molecule has 0 saturated heterocycles. The van der Waals surface area contributed by atoms with Crippen molar-refractivity contribution in [2.75, 3.05) is 25.5 Å². The van der Waals surface area contributed by atoms with Crippen LogP contribution < -0.4 is 10.6 Å². The van der Waals surface area contributed by atoms with E-state index in [1.165, 1.54) is 23.3 Å². The SMILES string of the molecule is CN(CC(=O)Nc1ccccc1Br)C(=O)CNC(=O)c1sc2ccccc2c1Cl. The summed E-state index contributed by atoms with van der Waals surface area (Å²) in [7, 11) is 1.50. The molecule has 0 aliphatic carbocycles. The van der Waals surface area contributed by atoms with E-state index in [4.69, 9.17) is 11.6 Å². The Bertz CT molecular complexity index is 1090. The van der Waals surface area contributed by atoms with E-state index in [0.717, 1.165) is 14.6 Å². The predicted molar refractivity (Wildman–Crippen MR) is 120 cm³/mol. The van der Waals surface area contributed by atoms with Gasteiger partial charge in [0.1, 0.15) is 4.88 Å². The van der Waals surface area contributed by atoms with Crippen molar-refractivity contribution < 1.29 is 14.4 Å². The molecule has 0 aliphatic rings. The molecule has 2 N–H and O–H groups in total. The Morgan fingerprint density at radius 2 is 1.79 bits per heavy atom. The number of thiophene rings is 1. The number of hydrogen-bond donors (Lipinski definition) is 2. The summed E-state index contributed by atoms with van der Waals surface area (Å²) in [4.78, 5) is 38.5. The number of nitrogens with zero attached hydrogens (tertiary/aromatic N) is 1. The molecular formula is C20H17BrClN3O3S. The number of likely N-dealkylation sites (N-methyl/N-ethyl adjacent to an activating group) is 1. The number of halogens is 2. The second kappa shape index (κ2) is 9.39. The molecule has 0 fully saturated rings. The second-order valence-electron chi connectivity index (χ2n) is 6.20. The molecule has 3 rings (SSSR count). The Morgan fingerprint density at radius 1 is 1.10 bits per heavy atom. The van der Waals surface area contributed by atoms with Crippen LogP contribution in [0.25, 0.3) is 10.1 Å². The smallest absolute Gasteiger partial charge is 0.263 e. The molecule has 3 aromatic rings. The Labute approximate surface area is 185 Å². The van der Waals surface area contributed by atoms with Gasteiger partial charge in [0.15, 0.2) is 0 Å². The van der Waals surface area contributed by atoms with Crippen LogP contribution in [0.5, 0.6) is 0 Å². The maximum Gasteiger partial charge on any atom is 0.263 e. The molecule has 1 heterocycles. The highest BCUT2D eigenvalue weighted by Crippen LogP contribution is 2.34. The molecule has 9 heteroatoms. The van der Waals surface area contributed by atoms with Gasteiger partial charge < -0.3 is 15.5 Å². The van der Waals surface area contributed by atoms with Gasteiger partial charge in [0.25, 0.3) is 5.91 Å². The van der Waals surface area contributed by atoms with Gasteiger partial charge in [-0.1, -0.05) is 41.9 Å². The predicted octanol–water partition coefficient (Wildman–Crippen LogP) is 4.14. The quantitative estimate of drug-likeness (QED) is 0.540. The van der Waals surface area contributed by atoms with Crippen molar-refractivity contribution in [3.63, 3.8) is 0 Å². The number of nitrogens with one attached hydrogen (secondary N) is 2. The lowest BCUT2D eigenvalue weighted by Crippen LogP contribution is -2.41. The monoisotopic (exact) mass is 493 g/mol. The van der Waals surface area contributed by atoms with Crippen LogP contribution in [0.2, 0.25) is 5.02 Å². The van der Waals surface area contributed by atoms with Crippen molar-refractivity contribution in [3.05, 3.63) is 62.9 Å². The van der Waals surface area contributed by atoms with Gasteiger partial charge >= 0.3 is 0 Å². The first kappa shape index (κ1) is 21.3. The molecule has 0 aliphatic heterocycles. The molecule has 0 spiro atoms. The first-order chi connectivity index (χ1) is 13.9. The van der Waals surface area contributed by atoms with E-state index in [1.807, 2.05) is 30.3 Å². The third kappa shape index (κ3) is 5.14. The third-order valence-corrected chi connectivity index (χ3v) is 6.46. The number of anilines is 1. The zero-order chi connectivity index (χ0) is 21.0. The van der Waals surface area contributed by atoms with Crippen LogP contribution in [0, 0.1) is 0 Å². The van der Waals surface area contributed by atoms with Crippen LogP contribution in [0.3, 0.4) is 0 Å². The lowest BCUT2D eigenvalue weighted by atomic mass is 10.2. The van der Waals surface area contributed by atoms with Gasteiger partial charge in [0.2, 0.25) is 11.8 Å². The third-order valence-electron chi connectivity index (χ3n) is 4.10. The normalized spacial score (nSPS) is 10.6. The highest BCUT2D eigenvalue weighted by atomic mass is 79.9. The molecule has 0 atom stereocenters. The Hall–Kier alpha value is -2.42. The Morgan fingerprint density at radius 3 is 2.52 bits per heavy atom. The van der Waals surface area contributed by atoms with Gasteiger partial charge in [-0.2, -0.15) is 0 Å². The molecule has 0 bridgehead atoms. The summed E-state index contributed by atoms with van der Waals surface area (Å²) in [6, 6.07) is 14.6. The number of benzene rings is 2. The maximum atomic E-state index is 12.4. The molecule has 6 nitrogen and oxygen atoms in total. The molecule has 29 heavy (non-hydrogen) atoms. The van der Waals surface area contributed by atoms with Crippen molar-refractivity contribution in [1.82, 2.24) is 10.2 Å².